The molecule has 4 heteroatoms. The third-order valence-electron chi connectivity index (χ3n) is 2.58. The van der Waals surface area contributed by atoms with Gasteiger partial charge in [0.2, 0.25) is 5.88 Å². The number of ether oxygens (including phenoxy) is 1. The van der Waals surface area contributed by atoms with E-state index in [0.717, 1.165) is 12.2 Å². The molecular weight excluding hydrogens is 190 g/mol. The summed E-state index contributed by atoms with van der Waals surface area (Å²) in [4.78, 5) is 8.59. The summed E-state index contributed by atoms with van der Waals surface area (Å²) in [5.41, 5.74) is 5.71. The quantitative estimate of drug-likeness (QED) is 0.821. The van der Waals surface area contributed by atoms with Crippen LogP contribution >= 0.6 is 0 Å². The van der Waals surface area contributed by atoms with Crippen LogP contribution in [0.4, 0.5) is 5.82 Å². The third kappa shape index (κ3) is 2.58. The number of nitrogens with two attached hydrogens (primary N) is 1. The average molecular weight is 207 g/mol. The maximum absolute atomic E-state index is 5.71. The fourth-order valence-corrected chi connectivity index (χ4v) is 1.34. The van der Waals surface area contributed by atoms with Gasteiger partial charge in [-0.3, -0.25) is 0 Å². The van der Waals surface area contributed by atoms with E-state index < -0.39 is 0 Å². The molecule has 0 amide bonds. The number of nitrogen functional groups attached to an aromatic ring is 1. The Balaban J connectivity index is 2.15. The van der Waals surface area contributed by atoms with Crippen LogP contribution in [0.3, 0.4) is 0 Å². The zero-order valence-electron chi connectivity index (χ0n) is 9.23. The van der Waals surface area contributed by atoms with Crippen molar-refractivity contribution in [3.63, 3.8) is 0 Å². The molecule has 0 radical (unpaired) electrons. The number of anilines is 1. The molecule has 0 bridgehead atoms. The molecule has 1 heterocycles. The summed E-state index contributed by atoms with van der Waals surface area (Å²) in [5, 5.41) is 0. The van der Waals surface area contributed by atoms with Crippen molar-refractivity contribution in [1.82, 2.24) is 9.97 Å². The molecule has 1 fully saturated rings. The van der Waals surface area contributed by atoms with E-state index >= 15 is 0 Å². The molecule has 0 aromatic carbocycles. The summed E-state index contributed by atoms with van der Waals surface area (Å²) in [6, 6.07) is 1.69. The Morgan fingerprint density at radius 3 is 2.87 bits per heavy atom. The molecule has 0 aliphatic heterocycles. The summed E-state index contributed by atoms with van der Waals surface area (Å²) in [6.45, 7) is 4.10. The van der Waals surface area contributed by atoms with Gasteiger partial charge in [0, 0.05) is 12.0 Å². The van der Waals surface area contributed by atoms with Gasteiger partial charge in [0.1, 0.15) is 11.6 Å². The zero-order valence-corrected chi connectivity index (χ0v) is 9.23. The highest BCUT2D eigenvalue weighted by molar-refractivity contribution is 5.34. The van der Waals surface area contributed by atoms with Crippen LogP contribution in [0, 0.1) is 0 Å². The van der Waals surface area contributed by atoms with Gasteiger partial charge in [0.25, 0.3) is 0 Å². The van der Waals surface area contributed by atoms with Crippen molar-refractivity contribution in [2.24, 2.45) is 0 Å². The molecule has 0 saturated heterocycles. The number of rotatable bonds is 4. The summed E-state index contributed by atoms with van der Waals surface area (Å²) >= 11 is 0. The van der Waals surface area contributed by atoms with Gasteiger partial charge in [-0.05, 0) is 26.2 Å². The lowest BCUT2D eigenvalue weighted by Crippen LogP contribution is -2.12. The smallest absolute Gasteiger partial charge is 0.218 e. The summed E-state index contributed by atoms with van der Waals surface area (Å²) in [5.74, 6) is 2.46. The predicted octanol–water partition coefficient (Wildman–Crippen LogP) is 2.11. The van der Waals surface area contributed by atoms with Gasteiger partial charge in [0.15, 0.2) is 0 Å². The average Bonchev–Trinajstić information content (AvgIpc) is 2.99. The largest absolute Gasteiger partial charge is 0.475 e. The monoisotopic (exact) mass is 207 g/mol. The first-order valence-corrected chi connectivity index (χ1v) is 5.50. The van der Waals surface area contributed by atoms with Gasteiger partial charge in [-0.2, -0.15) is 4.98 Å². The molecule has 1 aromatic rings. The van der Waals surface area contributed by atoms with Crippen LogP contribution in [-0.2, 0) is 0 Å². The molecule has 2 rings (SSSR count). The van der Waals surface area contributed by atoms with Crippen molar-refractivity contribution in [2.45, 2.75) is 45.1 Å². The molecular formula is C11H17N3O. The maximum Gasteiger partial charge on any atom is 0.218 e. The second-order valence-electron chi connectivity index (χ2n) is 4.10. The van der Waals surface area contributed by atoms with Crippen molar-refractivity contribution in [1.29, 1.82) is 0 Å². The van der Waals surface area contributed by atoms with Gasteiger partial charge < -0.3 is 10.5 Å². The van der Waals surface area contributed by atoms with E-state index in [1.54, 1.807) is 6.07 Å². The normalized spacial score (nSPS) is 17.5. The fraction of sp³-hybridized carbons (Fsp3) is 0.636. The molecule has 2 N–H and O–H groups in total. The van der Waals surface area contributed by atoms with E-state index in [2.05, 4.69) is 16.9 Å². The van der Waals surface area contributed by atoms with Gasteiger partial charge in [-0.15, -0.1) is 0 Å². The highest BCUT2D eigenvalue weighted by Crippen LogP contribution is 2.38. The molecule has 0 spiro atoms. The Labute approximate surface area is 89.9 Å². The first kappa shape index (κ1) is 10.2. The van der Waals surface area contributed by atoms with E-state index in [0.29, 0.717) is 17.6 Å². The number of hydrogen-bond donors (Lipinski definition) is 1. The van der Waals surface area contributed by atoms with Crippen LogP contribution in [0.1, 0.15) is 44.9 Å². The molecule has 4 nitrogen and oxygen atoms in total. The lowest BCUT2D eigenvalue weighted by molar-refractivity contribution is 0.208. The molecule has 15 heavy (non-hydrogen) atoms. The van der Waals surface area contributed by atoms with Gasteiger partial charge in [0.05, 0.1) is 6.10 Å². The first-order chi connectivity index (χ1) is 7.19. The highest BCUT2D eigenvalue weighted by Gasteiger charge is 2.27. The van der Waals surface area contributed by atoms with E-state index in [1.807, 2.05) is 6.92 Å². The Kier molecular flexibility index (Phi) is 2.75. The van der Waals surface area contributed by atoms with Crippen LogP contribution < -0.4 is 10.5 Å². The minimum absolute atomic E-state index is 0.173. The lowest BCUT2D eigenvalue weighted by atomic mass is 10.3. The van der Waals surface area contributed by atoms with E-state index in [-0.39, 0.29) is 6.10 Å². The zero-order chi connectivity index (χ0) is 10.8. The fourth-order valence-electron chi connectivity index (χ4n) is 1.34. The van der Waals surface area contributed by atoms with Crippen LogP contribution in [0.25, 0.3) is 0 Å². The predicted molar refractivity (Wildman–Crippen MR) is 58.8 cm³/mol. The molecule has 1 atom stereocenters. The SMILES string of the molecule is CCC(C)Oc1cc(N)nc(C2CC2)n1. The third-order valence-corrected chi connectivity index (χ3v) is 2.58. The molecule has 1 aliphatic rings. The van der Waals surface area contributed by atoms with Crippen molar-refractivity contribution >= 4 is 5.82 Å². The number of nitrogens with zero attached hydrogens (tertiary/aromatic N) is 2. The van der Waals surface area contributed by atoms with Crippen LogP contribution in [0.15, 0.2) is 6.07 Å². The second-order valence-corrected chi connectivity index (χ2v) is 4.10. The van der Waals surface area contributed by atoms with Crippen molar-refractivity contribution in [3.05, 3.63) is 11.9 Å². The Hall–Kier alpha value is -1.32. The van der Waals surface area contributed by atoms with E-state index in [9.17, 15) is 0 Å². The first-order valence-electron chi connectivity index (χ1n) is 5.50. The topological polar surface area (TPSA) is 61.0 Å². The van der Waals surface area contributed by atoms with E-state index in [1.165, 1.54) is 12.8 Å². The van der Waals surface area contributed by atoms with E-state index in [4.69, 9.17) is 10.5 Å². The number of aromatic nitrogens is 2. The summed E-state index contributed by atoms with van der Waals surface area (Å²) in [7, 11) is 0. The Morgan fingerprint density at radius 1 is 1.53 bits per heavy atom. The van der Waals surface area contributed by atoms with Crippen LogP contribution in [0.2, 0.25) is 0 Å². The molecule has 1 aromatic heterocycles. The second kappa shape index (κ2) is 4.04. The minimum Gasteiger partial charge on any atom is -0.475 e. The highest BCUT2D eigenvalue weighted by atomic mass is 16.5. The van der Waals surface area contributed by atoms with Gasteiger partial charge >= 0.3 is 0 Å². The Morgan fingerprint density at radius 2 is 2.27 bits per heavy atom. The van der Waals surface area contributed by atoms with Crippen molar-refractivity contribution < 1.29 is 4.74 Å². The van der Waals surface area contributed by atoms with Gasteiger partial charge in [-0.1, -0.05) is 6.92 Å². The number of hydrogen-bond acceptors (Lipinski definition) is 4. The Bertz CT molecular complexity index is 350. The maximum atomic E-state index is 5.71. The lowest BCUT2D eigenvalue weighted by Gasteiger charge is -2.12. The summed E-state index contributed by atoms with van der Waals surface area (Å²) < 4.78 is 5.63. The molecule has 82 valence electrons. The van der Waals surface area contributed by atoms with Crippen molar-refractivity contribution in [2.75, 3.05) is 5.73 Å². The molecule has 1 saturated carbocycles. The standard InChI is InChI=1S/C11H17N3O/c1-3-7(2)15-10-6-9(12)13-11(14-10)8-4-5-8/h6-8H,3-5H2,1-2H3,(H2,12,13,14). The van der Waals surface area contributed by atoms with Gasteiger partial charge in [-0.25, -0.2) is 4.98 Å². The summed E-state index contributed by atoms with van der Waals surface area (Å²) in [6.07, 6.45) is 3.48. The van der Waals surface area contributed by atoms with Crippen LogP contribution in [-0.4, -0.2) is 16.1 Å². The minimum atomic E-state index is 0.173. The van der Waals surface area contributed by atoms with Crippen LogP contribution in [0.5, 0.6) is 5.88 Å². The van der Waals surface area contributed by atoms with Crippen molar-refractivity contribution in [3.8, 4) is 5.88 Å². The molecule has 1 aliphatic carbocycles. The molecule has 1 unspecified atom stereocenters.